The minimum atomic E-state index is -0.273. The molecule has 0 aliphatic carbocycles. The molecule has 7 heteroatoms. The zero-order valence-electron chi connectivity index (χ0n) is 16.6. The summed E-state index contributed by atoms with van der Waals surface area (Å²) in [6, 6.07) is 9.66. The predicted octanol–water partition coefficient (Wildman–Crippen LogP) is 2.62. The second kappa shape index (κ2) is 8.82. The zero-order chi connectivity index (χ0) is 20.1. The van der Waals surface area contributed by atoms with Crippen LogP contribution in [0.3, 0.4) is 0 Å². The van der Waals surface area contributed by atoms with Gasteiger partial charge in [0.1, 0.15) is 11.4 Å². The summed E-state index contributed by atoms with van der Waals surface area (Å²) in [4.78, 5) is 37.8. The Morgan fingerprint density at radius 1 is 1.25 bits per heavy atom. The van der Waals surface area contributed by atoms with Gasteiger partial charge in [-0.3, -0.25) is 9.59 Å². The van der Waals surface area contributed by atoms with E-state index in [0.717, 1.165) is 18.4 Å². The highest BCUT2D eigenvalue weighted by Crippen LogP contribution is 2.25. The largest absolute Gasteiger partial charge is 0.466 e. The molecule has 3 rings (SSSR count). The average molecular weight is 382 g/mol. The van der Waals surface area contributed by atoms with E-state index in [4.69, 9.17) is 4.74 Å². The topological polar surface area (TPSA) is 75.6 Å². The van der Waals surface area contributed by atoms with E-state index in [0.29, 0.717) is 36.9 Å². The highest BCUT2D eigenvalue weighted by Gasteiger charge is 2.31. The van der Waals surface area contributed by atoms with Crippen molar-refractivity contribution in [1.82, 2.24) is 14.9 Å². The van der Waals surface area contributed by atoms with Gasteiger partial charge in [-0.2, -0.15) is 0 Å². The lowest BCUT2D eigenvalue weighted by molar-refractivity contribution is -0.149. The lowest BCUT2D eigenvalue weighted by Crippen LogP contribution is -2.43. The average Bonchev–Trinajstić information content (AvgIpc) is 2.73. The van der Waals surface area contributed by atoms with E-state index in [2.05, 4.69) is 9.97 Å². The van der Waals surface area contributed by atoms with Crippen LogP contribution in [-0.2, 0) is 9.53 Å². The van der Waals surface area contributed by atoms with Gasteiger partial charge in [-0.25, -0.2) is 9.97 Å². The van der Waals surface area contributed by atoms with Crippen LogP contribution in [0.5, 0.6) is 0 Å². The summed E-state index contributed by atoms with van der Waals surface area (Å²) >= 11 is 0. The number of benzene rings is 1. The molecule has 2 heterocycles. The monoisotopic (exact) mass is 382 g/mol. The smallest absolute Gasteiger partial charge is 0.310 e. The first kappa shape index (κ1) is 19.8. The zero-order valence-corrected chi connectivity index (χ0v) is 16.6. The number of likely N-dealkylation sites (tertiary alicyclic amines) is 1. The van der Waals surface area contributed by atoms with E-state index in [-0.39, 0.29) is 17.8 Å². The van der Waals surface area contributed by atoms with Crippen molar-refractivity contribution in [1.29, 1.82) is 0 Å². The van der Waals surface area contributed by atoms with Crippen molar-refractivity contribution in [2.45, 2.75) is 19.8 Å². The molecule has 0 bridgehead atoms. The Morgan fingerprint density at radius 2 is 2.00 bits per heavy atom. The van der Waals surface area contributed by atoms with E-state index >= 15 is 0 Å². The number of carbonyl (C=O) groups is 2. The standard InChI is InChI=1S/C21H26N4O3/c1-4-28-21(27)16-11-8-12-25(14-16)20(26)17-13-22-18(23-19(17)24(2)3)15-9-6-5-7-10-15/h5-7,9-10,13,16H,4,8,11-12,14H2,1-3H3/t16-/m0/s1. The normalized spacial score (nSPS) is 16.5. The van der Waals surface area contributed by atoms with E-state index in [9.17, 15) is 9.59 Å². The first-order chi connectivity index (χ1) is 13.5. The van der Waals surface area contributed by atoms with Gasteiger partial charge < -0.3 is 14.5 Å². The molecule has 0 unspecified atom stereocenters. The van der Waals surface area contributed by atoms with Crippen LogP contribution in [-0.4, -0.2) is 60.5 Å². The number of rotatable bonds is 5. The number of hydrogen-bond acceptors (Lipinski definition) is 6. The Labute approximate surface area is 165 Å². The van der Waals surface area contributed by atoms with Crippen LogP contribution in [0, 0.1) is 5.92 Å². The predicted molar refractivity (Wildman–Crippen MR) is 107 cm³/mol. The quantitative estimate of drug-likeness (QED) is 0.740. The number of hydrogen-bond donors (Lipinski definition) is 0. The van der Waals surface area contributed by atoms with Crippen LogP contribution in [0.1, 0.15) is 30.1 Å². The Balaban J connectivity index is 1.85. The maximum atomic E-state index is 13.2. The van der Waals surface area contributed by atoms with Crippen LogP contribution in [0.15, 0.2) is 36.5 Å². The van der Waals surface area contributed by atoms with Gasteiger partial charge >= 0.3 is 5.97 Å². The van der Waals surface area contributed by atoms with Crippen LogP contribution >= 0.6 is 0 Å². The fourth-order valence-corrected chi connectivity index (χ4v) is 3.38. The van der Waals surface area contributed by atoms with Crippen molar-refractivity contribution >= 4 is 17.7 Å². The molecule has 1 amide bonds. The highest BCUT2D eigenvalue weighted by atomic mass is 16.5. The molecule has 1 aromatic carbocycles. The third kappa shape index (κ3) is 4.30. The number of aromatic nitrogens is 2. The fraction of sp³-hybridized carbons (Fsp3) is 0.429. The molecule has 0 spiro atoms. The molecule has 0 radical (unpaired) electrons. The Hall–Kier alpha value is -2.96. The van der Waals surface area contributed by atoms with Crippen LogP contribution in [0.4, 0.5) is 5.82 Å². The SMILES string of the molecule is CCOC(=O)[C@H]1CCCN(C(=O)c2cnc(-c3ccccc3)nc2N(C)C)C1. The van der Waals surface area contributed by atoms with Crippen molar-refractivity contribution in [3.63, 3.8) is 0 Å². The molecule has 28 heavy (non-hydrogen) atoms. The number of ether oxygens (including phenoxy) is 1. The lowest BCUT2D eigenvalue weighted by Gasteiger charge is -2.32. The molecule has 0 N–H and O–H groups in total. The van der Waals surface area contributed by atoms with Gasteiger partial charge in [0.2, 0.25) is 0 Å². The molecule has 1 fully saturated rings. The molecule has 2 aromatic rings. The summed E-state index contributed by atoms with van der Waals surface area (Å²) in [5.74, 6) is 0.479. The molecule has 1 aromatic heterocycles. The molecule has 7 nitrogen and oxygen atoms in total. The van der Waals surface area contributed by atoms with Crippen molar-refractivity contribution in [2.24, 2.45) is 5.92 Å². The van der Waals surface area contributed by atoms with Crippen LogP contribution in [0.2, 0.25) is 0 Å². The second-order valence-corrected chi connectivity index (χ2v) is 7.03. The highest BCUT2D eigenvalue weighted by molar-refractivity contribution is 5.99. The third-order valence-corrected chi connectivity index (χ3v) is 4.78. The second-order valence-electron chi connectivity index (χ2n) is 7.03. The summed E-state index contributed by atoms with van der Waals surface area (Å²) in [7, 11) is 3.71. The minimum absolute atomic E-state index is 0.155. The van der Waals surface area contributed by atoms with Gasteiger partial charge in [-0.1, -0.05) is 30.3 Å². The van der Waals surface area contributed by atoms with E-state index in [1.807, 2.05) is 49.3 Å². The first-order valence-electron chi connectivity index (χ1n) is 9.57. The molecular weight excluding hydrogens is 356 g/mol. The van der Waals surface area contributed by atoms with Gasteiger partial charge in [0.05, 0.1) is 12.5 Å². The van der Waals surface area contributed by atoms with E-state index in [1.54, 1.807) is 18.0 Å². The minimum Gasteiger partial charge on any atom is -0.466 e. The number of amides is 1. The number of anilines is 1. The summed E-state index contributed by atoms with van der Waals surface area (Å²) < 4.78 is 5.13. The van der Waals surface area contributed by atoms with Crippen LogP contribution < -0.4 is 4.90 Å². The molecule has 1 saturated heterocycles. The third-order valence-electron chi connectivity index (χ3n) is 4.78. The molecule has 1 atom stereocenters. The molecule has 0 saturated carbocycles. The van der Waals surface area contributed by atoms with Crippen molar-refractivity contribution in [3.05, 3.63) is 42.1 Å². The molecule has 148 valence electrons. The molecular formula is C21H26N4O3. The summed E-state index contributed by atoms with van der Waals surface area (Å²) in [5, 5.41) is 0. The first-order valence-corrected chi connectivity index (χ1v) is 9.57. The maximum absolute atomic E-state index is 13.2. The van der Waals surface area contributed by atoms with Gasteiger partial charge in [0.25, 0.3) is 5.91 Å². The van der Waals surface area contributed by atoms with Gasteiger partial charge in [-0.05, 0) is 19.8 Å². The van der Waals surface area contributed by atoms with E-state index in [1.165, 1.54) is 0 Å². The summed E-state index contributed by atoms with van der Waals surface area (Å²) in [6.07, 6.45) is 3.10. The molecule has 1 aliphatic heterocycles. The Bertz CT molecular complexity index is 839. The van der Waals surface area contributed by atoms with Crippen molar-refractivity contribution in [2.75, 3.05) is 38.7 Å². The number of piperidine rings is 1. The number of esters is 1. The summed E-state index contributed by atoms with van der Waals surface area (Å²) in [5.41, 5.74) is 1.33. The van der Waals surface area contributed by atoms with Gasteiger partial charge in [0, 0.05) is 38.9 Å². The van der Waals surface area contributed by atoms with Gasteiger partial charge in [-0.15, -0.1) is 0 Å². The van der Waals surface area contributed by atoms with Crippen molar-refractivity contribution < 1.29 is 14.3 Å². The lowest BCUT2D eigenvalue weighted by atomic mass is 9.97. The van der Waals surface area contributed by atoms with Gasteiger partial charge in [0.15, 0.2) is 5.82 Å². The molecule has 1 aliphatic rings. The van der Waals surface area contributed by atoms with Crippen molar-refractivity contribution in [3.8, 4) is 11.4 Å². The maximum Gasteiger partial charge on any atom is 0.310 e. The Kier molecular flexibility index (Phi) is 6.23. The van der Waals surface area contributed by atoms with E-state index < -0.39 is 0 Å². The van der Waals surface area contributed by atoms with Crippen LogP contribution in [0.25, 0.3) is 11.4 Å². The number of nitrogens with zero attached hydrogens (tertiary/aromatic N) is 4. The Morgan fingerprint density at radius 3 is 2.68 bits per heavy atom. The fourth-order valence-electron chi connectivity index (χ4n) is 3.38. The number of carbonyl (C=O) groups excluding carboxylic acids is 2. The summed E-state index contributed by atoms with van der Waals surface area (Å²) in [6.45, 7) is 3.12.